The van der Waals surface area contributed by atoms with Crippen LogP contribution >= 0.6 is 0 Å². The van der Waals surface area contributed by atoms with Gasteiger partial charge in [0.25, 0.3) is 0 Å². The third-order valence-electron chi connectivity index (χ3n) is 5.72. The van der Waals surface area contributed by atoms with Crippen LogP contribution in [0.2, 0.25) is 0 Å². The molecule has 1 aliphatic heterocycles. The highest BCUT2D eigenvalue weighted by Crippen LogP contribution is 2.50. The van der Waals surface area contributed by atoms with E-state index in [0.717, 1.165) is 12.3 Å². The molecule has 116 valence electrons. The number of fused-ring (bicyclic) bond motifs is 2. The molecule has 1 heterocycles. The summed E-state index contributed by atoms with van der Waals surface area (Å²) in [5.41, 5.74) is 0. The van der Waals surface area contributed by atoms with Crippen molar-refractivity contribution >= 4 is 17.8 Å². The van der Waals surface area contributed by atoms with Crippen molar-refractivity contribution < 1.29 is 14.4 Å². The van der Waals surface area contributed by atoms with Gasteiger partial charge in [0, 0.05) is 6.04 Å². The Labute approximate surface area is 125 Å². The molecule has 0 spiro atoms. The molecule has 4 amide bonds. The van der Waals surface area contributed by atoms with Gasteiger partial charge < -0.3 is 0 Å². The number of nitrogens with one attached hydrogen (secondary N) is 1. The van der Waals surface area contributed by atoms with Crippen LogP contribution in [0.3, 0.4) is 0 Å². The van der Waals surface area contributed by atoms with Crippen molar-refractivity contribution in [2.24, 2.45) is 29.6 Å². The number of urea groups is 1. The van der Waals surface area contributed by atoms with Crippen LogP contribution in [0.25, 0.3) is 0 Å². The average Bonchev–Trinajstić information content (AvgIpc) is 2.99. The van der Waals surface area contributed by atoms with Gasteiger partial charge in [0.1, 0.15) is 5.92 Å². The number of barbiturate groups is 1. The van der Waals surface area contributed by atoms with E-state index < -0.39 is 17.9 Å². The van der Waals surface area contributed by atoms with Crippen LogP contribution in [0.1, 0.15) is 46.5 Å². The van der Waals surface area contributed by atoms with Gasteiger partial charge in [-0.2, -0.15) is 0 Å². The number of carbonyl (C=O) groups is 3. The van der Waals surface area contributed by atoms with Crippen LogP contribution < -0.4 is 5.32 Å². The van der Waals surface area contributed by atoms with E-state index in [0.29, 0.717) is 11.8 Å². The molecule has 21 heavy (non-hydrogen) atoms. The summed E-state index contributed by atoms with van der Waals surface area (Å²) in [6, 6.07) is -0.640. The Bertz CT molecular complexity index is 488. The van der Waals surface area contributed by atoms with Gasteiger partial charge in [-0.05, 0) is 49.9 Å². The second kappa shape index (κ2) is 5.11. The van der Waals surface area contributed by atoms with E-state index in [2.05, 4.69) is 5.32 Å². The molecule has 1 N–H and O–H groups in total. The molecule has 1 saturated heterocycles. The number of hydrogen-bond donors (Lipinski definition) is 1. The van der Waals surface area contributed by atoms with Gasteiger partial charge in [-0.15, -0.1) is 0 Å². The van der Waals surface area contributed by atoms with Crippen molar-refractivity contribution in [1.82, 2.24) is 10.2 Å². The number of carbonyl (C=O) groups excluding carboxylic acids is 3. The van der Waals surface area contributed by atoms with Crippen molar-refractivity contribution in [2.45, 2.75) is 52.5 Å². The zero-order valence-electron chi connectivity index (χ0n) is 13.0. The minimum atomic E-state index is -0.733. The summed E-state index contributed by atoms with van der Waals surface area (Å²) in [6.45, 7) is 5.66. The van der Waals surface area contributed by atoms with Crippen LogP contribution in [-0.2, 0) is 9.59 Å². The second-order valence-electron chi connectivity index (χ2n) is 7.30. The zero-order chi connectivity index (χ0) is 15.3. The lowest BCUT2D eigenvalue weighted by Crippen LogP contribution is -2.62. The van der Waals surface area contributed by atoms with Gasteiger partial charge in [-0.25, -0.2) is 4.79 Å². The summed E-state index contributed by atoms with van der Waals surface area (Å²) in [5.74, 6) is 0.225. The Kier molecular flexibility index (Phi) is 3.54. The summed E-state index contributed by atoms with van der Waals surface area (Å²) >= 11 is 0. The van der Waals surface area contributed by atoms with E-state index in [-0.39, 0.29) is 17.9 Å². The maximum Gasteiger partial charge on any atom is 0.331 e. The van der Waals surface area contributed by atoms with Crippen molar-refractivity contribution in [1.29, 1.82) is 0 Å². The molecule has 5 atom stereocenters. The summed E-state index contributed by atoms with van der Waals surface area (Å²) in [5, 5.41) is 2.37. The maximum absolute atomic E-state index is 12.6. The minimum absolute atomic E-state index is 0.0969. The first-order chi connectivity index (χ1) is 9.90. The van der Waals surface area contributed by atoms with E-state index in [9.17, 15) is 14.4 Å². The van der Waals surface area contributed by atoms with Gasteiger partial charge in [0.05, 0.1) is 0 Å². The largest absolute Gasteiger partial charge is 0.331 e. The number of rotatable bonds is 3. The molecule has 5 heteroatoms. The highest BCUT2D eigenvalue weighted by molar-refractivity contribution is 6.16. The number of hydrogen-bond acceptors (Lipinski definition) is 3. The first-order valence-electron chi connectivity index (χ1n) is 8.08. The van der Waals surface area contributed by atoms with Gasteiger partial charge in [0.15, 0.2) is 0 Å². The second-order valence-corrected chi connectivity index (χ2v) is 7.30. The highest BCUT2D eigenvalue weighted by atomic mass is 16.2. The van der Waals surface area contributed by atoms with Gasteiger partial charge in [-0.1, -0.05) is 20.3 Å². The summed E-state index contributed by atoms with van der Waals surface area (Å²) in [7, 11) is 0. The predicted octanol–water partition coefficient (Wildman–Crippen LogP) is 2.16. The quantitative estimate of drug-likeness (QED) is 0.811. The Hall–Kier alpha value is -1.39. The molecular formula is C16H24N2O3. The molecule has 3 aliphatic rings. The highest BCUT2D eigenvalue weighted by Gasteiger charge is 2.49. The molecule has 0 aromatic carbocycles. The molecule has 5 nitrogen and oxygen atoms in total. The molecule has 3 rings (SSSR count). The van der Waals surface area contributed by atoms with Gasteiger partial charge >= 0.3 is 6.03 Å². The Morgan fingerprint density at radius 3 is 2.33 bits per heavy atom. The van der Waals surface area contributed by atoms with E-state index in [1.54, 1.807) is 0 Å². The number of imide groups is 2. The third kappa shape index (κ3) is 2.27. The first-order valence-corrected chi connectivity index (χ1v) is 8.08. The smallest absolute Gasteiger partial charge is 0.277 e. The molecule has 2 saturated carbocycles. The Balaban J connectivity index is 1.81. The normalized spacial score (nSPS) is 37.3. The van der Waals surface area contributed by atoms with E-state index >= 15 is 0 Å². The van der Waals surface area contributed by atoms with Gasteiger partial charge in [0.2, 0.25) is 11.8 Å². The molecule has 2 aliphatic carbocycles. The summed E-state index contributed by atoms with van der Waals surface area (Å²) in [4.78, 5) is 38.0. The maximum atomic E-state index is 12.6. The molecule has 0 radical (unpaired) electrons. The molecule has 0 aromatic rings. The van der Waals surface area contributed by atoms with Gasteiger partial charge in [-0.3, -0.25) is 19.8 Å². The molecule has 2 bridgehead atoms. The minimum Gasteiger partial charge on any atom is -0.277 e. The molecule has 0 aromatic heterocycles. The topological polar surface area (TPSA) is 66.5 Å². The fourth-order valence-corrected chi connectivity index (χ4v) is 4.66. The molecule has 3 fully saturated rings. The summed E-state index contributed by atoms with van der Waals surface area (Å²) in [6.07, 6.45) is 4.87. The SMILES string of the molecule is CC(C)C1C(=O)NC(=O)N(C(C)C2CC3CCC2C3)C1=O. The third-order valence-corrected chi connectivity index (χ3v) is 5.72. The van der Waals surface area contributed by atoms with Crippen molar-refractivity contribution in [3.63, 3.8) is 0 Å². The van der Waals surface area contributed by atoms with Crippen LogP contribution in [0.5, 0.6) is 0 Å². The average molecular weight is 292 g/mol. The Morgan fingerprint density at radius 1 is 1.10 bits per heavy atom. The van der Waals surface area contributed by atoms with Crippen LogP contribution in [0, 0.1) is 29.6 Å². The fraction of sp³-hybridized carbons (Fsp3) is 0.812. The van der Waals surface area contributed by atoms with Crippen molar-refractivity contribution in [3.05, 3.63) is 0 Å². The first kappa shape index (κ1) is 14.5. The fourth-order valence-electron chi connectivity index (χ4n) is 4.66. The van der Waals surface area contributed by atoms with Crippen LogP contribution in [0.4, 0.5) is 4.79 Å². The monoisotopic (exact) mass is 292 g/mol. The van der Waals surface area contributed by atoms with E-state index in [1.807, 2.05) is 20.8 Å². The standard InChI is InChI=1S/C16H24N2O3/c1-8(2)13-14(19)17-16(21)18(15(13)20)9(3)12-7-10-4-5-11(12)6-10/h8-13H,4-7H2,1-3H3,(H,17,19,21). The van der Waals surface area contributed by atoms with Crippen molar-refractivity contribution in [3.8, 4) is 0 Å². The lowest BCUT2D eigenvalue weighted by Gasteiger charge is -2.40. The van der Waals surface area contributed by atoms with Crippen molar-refractivity contribution in [2.75, 3.05) is 0 Å². The molecular weight excluding hydrogens is 268 g/mol. The predicted molar refractivity (Wildman–Crippen MR) is 77.1 cm³/mol. The van der Waals surface area contributed by atoms with E-state index in [1.165, 1.54) is 24.2 Å². The number of nitrogens with zero attached hydrogens (tertiary/aromatic N) is 1. The molecule has 5 unspecified atom stereocenters. The lowest BCUT2D eigenvalue weighted by molar-refractivity contribution is -0.146. The Morgan fingerprint density at radius 2 is 1.81 bits per heavy atom. The van der Waals surface area contributed by atoms with E-state index in [4.69, 9.17) is 0 Å². The summed E-state index contributed by atoms with van der Waals surface area (Å²) < 4.78 is 0. The number of amides is 4. The lowest BCUT2D eigenvalue weighted by atomic mass is 9.82. The van der Waals surface area contributed by atoms with Crippen LogP contribution in [0.15, 0.2) is 0 Å². The zero-order valence-corrected chi connectivity index (χ0v) is 13.0. The van der Waals surface area contributed by atoms with Crippen LogP contribution in [-0.4, -0.2) is 28.8 Å².